The first kappa shape index (κ1) is 30.8. The number of rotatable bonds is 7. The van der Waals surface area contributed by atoms with Crippen molar-refractivity contribution in [2.24, 2.45) is 5.41 Å². The van der Waals surface area contributed by atoms with Gasteiger partial charge in [-0.1, -0.05) is 57.2 Å². The van der Waals surface area contributed by atoms with E-state index in [0.717, 1.165) is 54.9 Å². The Kier molecular flexibility index (Phi) is 9.10. The number of hydrogen-bond acceptors (Lipinski definition) is 6. The molecule has 2 aromatic rings. The summed E-state index contributed by atoms with van der Waals surface area (Å²) in [5.41, 5.74) is 4.37. The van der Waals surface area contributed by atoms with E-state index in [2.05, 4.69) is 55.3 Å². The number of carbonyl (C=O) groups is 3. The van der Waals surface area contributed by atoms with Crippen LogP contribution in [-0.2, 0) is 20.9 Å². The summed E-state index contributed by atoms with van der Waals surface area (Å²) in [6.45, 7) is 12.1. The van der Waals surface area contributed by atoms with Gasteiger partial charge in [-0.2, -0.15) is 0 Å². The molecule has 2 unspecified atom stereocenters. The number of urea groups is 1. The Labute approximate surface area is 265 Å². The van der Waals surface area contributed by atoms with E-state index >= 15 is 0 Å². The molecule has 9 nitrogen and oxygen atoms in total. The first-order valence-corrected chi connectivity index (χ1v) is 16.9. The second-order valence-corrected chi connectivity index (χ2v) is 14.8. The average Bonchev–Trinajstić information content (AvgIpc) is 3.34. The van der Waals surface area contributed by atoms with E-state index in [1.54, 1.807) is 11.8 Å². The van der Waals surface area contributed by atoms with Crippen molar-refractivity contribution in [1.82, 2.24) is 14.7 Å². The van der Waals surface area contributed by atoms with Crippen molar-refractivity contribution < 1.29 is 19.1 Å². The topological polar surface area (TPSA) is 85.4 Å². The normalized spacial score (nSPS) is 23.2. The van der Waals surface area contributed by atoms with Crippen LogP contribution in [0.2, 0.25) is 0 Å². The number of morpholine rings is 1. The van der Waals surface area contributed by atoms with Gasteiger partial charge in [0.25, 0.3) is 0 Å². The van der Waals surface area contributed by atoms with Gasteiger partial charge in [-0.05, 0) is 42.4 Å². The molecule has 0 bridgehead atoms. The van der Waals surface area contributed by atoms with Crippen molar-refractivity contribution in [3.8, 4) is 0 Å². The Morgan fingerprint density at radius 2 is 1.68 bits per heavy atom. The third-order valence-electron chi connectivity index (χ3n) is 9.27. The molecule has 1 N–H and O–H groups in total. The van der Waals surface area contributed by atoms with Gasteiger partial charge >= 0.3 is 6.03 Å². The van der Waals surface area contributed by atoms with Crippen LogP contribution < -0.4 is 10.2 Å². The van der Waals surface area contributed by atoms with Crippen LogP contribution in [-0.4, -0.2) is 89.8 Å². The fourth-order valence-electron chi connectivity index (χ4n) is 6.67. The van der Waals surface area contributed by atoms with Gasteiger partial charge < -0.3 is 29.7 Å². The minimum atomic E-state index is -0.410. The van der Waals surface area contributed by atoms with Gasteiger partial charge in [-0.25, -0.2) is 4.79 Å². The van der Waals surface area contributed by atoms with Crippen molar-refractivity contribution in [1.29, 1.82) is 0 Å². The molecule has 0 aromatic heterocycles. The van der Waals surface area contributed by atoms with Crippen LogP contribution in [0.4, 0.5) is 16.2 Å². The summed E-state index contributed by atoms with van der Waals surface area (Å²) < 4.78 is 5.60. The molecule has 4 aliphatic heterocycles. The highest BCUT2D eigenvalue weighted by Gasteiger charge is 2.44. The number of benzene rings is 2. The maximum atomic E-state index is 14.0. The predicted octanol–water partition coefficient (Wildman–Crippen LogP) is 5.33. The van der Waals surface area contributed by atoms with Gasteiger partial charge in [0.1, 0.15) is 5.37 Å². The molecule has 236 valence electrons. The molecule has 10 heteroatoms. The Bertz CT molecular complexity index is 1370. The van der Waals surface area contributed by atoms with Gasteiger partial charge in [-0.15, -0.1) is 11.8 Å². The summed E-state index contributed by atoms with van der Waals surface area (Å²) in [5, 5.41) is 2.47. The van der Waals surface area contributed by atoms with Crippen LogP contribution >= 0.6 is 11.8 Å². The molecule has 4 aliphatic rings. The van der Waals surface area contributed by atoms with E-state index in [9.17, 15) is 14.4 Å². The molecule has 44 heavy (non-hydrogen) atoms. The number of amides is 4. The first-order valence-electron chi connectivity index (χ1n) is 16.0. The quantitative estimate of drug-likeness (QED) is 0.451. The van der Waals surface area contributed by atoms with E-state index in [-0.39, 0.29) is 41.1 Å². The molecule has 0 spiro atoms. The second-order valence-electron chi connectivity index (χ2n) is 13.5. The van der Waals surface area contributed by atoms with E-state index < -0.39 is 5.25 Å². The SMILES string of the molecule is CC(C)(C)CCN1C(=O)C(CC(=O)N2CCC(N3Cc4ccccc4NC3=O)CC2)SC1c1ccccc1N1CCOCC1. The lowest BCUT2D eigenvalue weighted by molar-refractivity contribution is -0.137. The molecule has 0 aliphatic carbocycles. The summed E-state index contributed by atoms with van der Waals surface area (Å²) in [7, 11) is 0. The third-order valence-corrected chi connectivity index (χ3v) is 10.7. The standard InChI is InChI=1S/C34H45N5O4S/c1-34(2,3)14-17-38-31(41)29(44-32(38)26-9-5-7-11-28(26)36-18-20-43-21-19-36)22-30(40)37-15-12-25(13-16-37)39-23-24-8-4-6-10-27(24)35-33(39)42/h4-11,25,29,32H,12-23H2,1-3H3,(H,35,42). The van der Waals surface area contributed by atoms with E-state index in [0.29, 0.717) is 39.4 Å². The van der Waals surface area contributed by atoms with Gasteiger partial charge in [-0.3, -0.25) is 9.59 Å². The van der Waals surface area contributed by atoms with Crippen LogP contribution in [0, 0.1) is 5.41 Å². The molecule has 0 saturated carbocycles. The number of anilines is 2. The molecule has 0 radical (unpaired) electrons. The van der Waals surface area contributed by atoms with Crippen molar-refractivity contribution in [2.45, 2.75) is 69.7 Å². The first-order chi connectivity index (χ1) is 21.2. The fourth-order valence-corrected chi connectivity index (χ4v) is 8.17. The fraction of sp³-hybridized carbons (Fsp3) is 0.559. The minimum absolute atomic E-state index is 0.0284. The lowest BCUT2D eigenvalue weighted by Gasteiger charge is -2.40. The number of nitrogens with one attached hydrogen (secondary N) is 1. The predicted molar refractivity (Wildman–Crippen MR) is 175 cm³/mol. The van der Waals surface area contributed by atoms with Crippen molar-refractivity contribution in [3.63, 3.8) is 0 Å². The van der Waals surface area contributed by atoms with Gasteiger partial charge in [0.2, 0.25) is 11.8 Å². The smallest absolute Gasteiger partial charge is 0.322 e. The van der Waals surface area contributed by atoms with Crippen molar-refractivity contribution in [3.05, 3.63) is 59.7 Å². The molecule has 3 saturated heterocycles. The van der Waals surface area contributed by atoms with E-state index in [1.165, 1.54) is 0 Å². The number of nitrogens with zero attached hydrogens (tertiary/aromatic N) is 4. The van der Waals surface area contributed by atoms with E-state index in [1.807, 2.05) is 39.0 Å². The molecule has 6 rings (SSSR count). The number of thioether (sulfide) groups is 1. The summed E-state index contributed by atoms with van der Waals surface area (Å²) in [5.74, 6) is 0.0912. The molecule has 3 fully saturated rings. The van der Waals surface area contributed by atoms with Gasteiger partial charge in [0.15, 0.2) is 0 Å². The Morgan fingerprint density at radius 3 is 2.43 bits per heavy atom. The summed E-state index contributed by atoms with van der Waals surface area (Å²) >= 11 is 1.63. The molecular formula is C34H45N5O4S. The summed E-state index contributed by atoms with van der Waals surface area (Å²) in [4.78, 5) is 48.6. The summed E-state index contributed by atoms with van der Waals surface area (Å²) in [6.07, 6.45) is 2.56. The van der Waals surface area contributed by atoms with Crippen LogP contribution in [0.1, 0.15) is 63.0 Å². The van der Waals surface area contributed by atoms with Crippen LogP contribution in [0.5, 0.6) is 0 Å². The third kappa shape index (κ3) is 6.71. The maximum absolute atomic E-state index is 14.0. The van der Waals surface area contributed by atoms with Crippen molar-refractivity contribution >= 4 is 41.0 Å². The second kappa shape index (κ2) is 13.0. The molecule has 4 heterocycles. The lowest BCUT2D eigenvalue weighted by Crippen LogP contribution is -2.51. The molecule has 2 atom stereocenters. The van der Waals surface area contributed by atoms with Gasteiger partial charge in [0.05, 0.1) is 18.5 Å². The number of carbonyl (C=O) groups excluding carboxylic acids is 3. The molecular weight excluding hydrogens is 574 g/mol. The zero-order valence-electron chi connectivity index (χ0n) is 26.2. The largest absolute Gasteiger partial charge is 0.378 e. The lowest BCUT2D eigenvalue weighted by atomic mass is 9.92. The number of likely N-dealkylation sites (tertiary alicyclic amines) is 1. The van der Waals surface area contributed by atoms with Crippen molar-refractivity contribution in [2.75, 3.05) is 56.2 Å². The van der Waals surface area contributed by atoms with E-state index in [4.69, 9.17) is 4.74 Å². The van der Waals surface area contributed by atoms with Crippen LogP contribution in [0.3, 0.4) is 0 Å². The van der Waals surface area contributed by atoms with Crippen LogP contribution in [0.15, 0.2) is 48.5 Å². The minimum Gasteiger partial charge on any atom is -0.378 e. The number of hydrogen-bond donors (Lipinski definition) is 1. The Morgan fingerprint density at radius 1 is 0.977 bits per heavy atom. The van der Waals surface area contributed by atoms with Gasteiger partial charge in [0, 0.05) is 68.7 Å². The highest BCUT2D eigenvalue weighted by molar-refractivity contribution is 8.01. The zero-order chi connectivity index (χ0) is 30.8. The molecule has 2 aromatic carbocycles. The number of fused-ring (bicyclic) bond motifs is 1. The zero-order valence-corrected chi connectivity index (χ0v) is 27.0. The highest BCUT2D eigenvalue weighted by atomic mass is 32.2. The average molecular weight is 620 g/mol. The number of ether oxygens (including phenoxy) is 1. The maximum Gasteiger partial charge on any atom is 0.322 e. The number of para-hydroxylation sites is 2. The molecule has 4 amide bonds. The summed E-state index contributed by atoms with van der Waals surface area (Å²) in [6, 6.07) is 16.3. The number of piperidine rings is 1. The Balaban J connectivity index is 1.12. The highest BCUT2D eigenvalue weighted by Crippen LogP contribution is 2.48. The monoisotopic (exact) mass is 619 g/mol. The van der Waals surface area contributed by atoms with Crippen LogP contribution in [0.25, 0.3) is 0 Å². The Hall–Kier alpha value is -3.24.